The van der Waals surface area contributed by atoms with Crippen molar-refractivity contribution >= 4 is 6.29 Å². The van der Waals surface area contributed by atoms with E-state index in [0.717, 1.165) is 23.7 Å². The Hall–Kier alpha value is -0.850. The summed E-state index contributed by atoms with van der Waals surface area (Å²) in [4.78, 5) is 10.7. The van der Waals surface area contributed by atoms with E-state index in [0.29, 0.717) is 5.92 Å². The molecule has 0 aliphatic heterocycles. The van der Waals surface area contributed by atoms with Crippen LogP contribution in [0, 0.1) is 17.8 Å². The third-order valence-electron chi connectivity index (χ3n) is 4.39. The molecule has 0 heterocycles. The first kappa shape index (κ1) is 11.6. The molecule has 0 amide bonds. The van der Waals surface area contributed by atoms with E-state index >= 15 is 0 Å². The molecule has 0 saturated heterocycles. The first-order valence-electron chi connectivity index (χ1n) is 6.46. The smallest absolute Gasteiger partial charge is 0.145 e. The lowest BCUT2D eigenvalue weighted by Gasteiger charge is -2.34. The number of hydrogen-bond donors (Lipinski definition) is 0. The molecule has 0 aromatic rings. The minimum Gasteiger partial charge on any atom is -0.298 e. The second-order valence-electron chi connectivity index (χ2n) is 5.57. The van der Waals surface area contributed by atoms with Gasteiger partial charge in [-0.25, -0.2) is 0 Å². The van der Waals surface area contributed by atoms with Gasteiger partial charge < -0.3 is 0 Å². The minimum atomic E-state index is 0.550. The minimum absolute atomic E-state index is 0.550. The molecule has 3 atom stereocenters. The molecular weight excluding hydrogens is 196 g/mol. The van der Waals surface area contributed by atoms with Gasteiger partial charge in [-0.1, -0.05) is 24.1 Å². The van der Waals surface area contributed by atoms with Gasteiger partial charge in [0.2, 0.25) is 0 Å². The molecule has 0 aromatic carbocycles. The Morgan fingerprint density at radius 1 is 1.31 bits per heavy atom. The summed E-state index contributed by atoms with van der Waals surface area (Å²) < 4.78 is 0. The van der Waals surface area contributed by atoms with Crippen LogP contribution in [-0.4, -0.2) is 6.29 Å². The molecule has 1 saturated carbocycles. The zero-order valence-electron chi connectivity index (χ0n) is 10.6. The largest absolute Gasteiger partial charge is 0.298 e. The molecule has 2 aliphatic rings. The zero-order valence-corrected chi connectivity index (χ0v) is 10.6. The third-order valence-corrected chi connectivity index (χ3v) is 4.39. The maximum absolute atomic E-state index is 10.7. The van der Waals surface area contributed by atoms with Crippen LogP contribution in [0.1, 0.15) is 46.5 Å². The van der Waals surface area contributed by atoms with E-state index in [1.54, 1.807) is 11.1 Å². The molecular formula is C15H22O. The highest BCUT2D eigenvalue weighted by Gasteiger charge is 2.35. The van der Waals surface area contributed by atoms with Crippen molar-refractivity contribution in [3.05, 3.63) is 22.8 Å². The van der Waals surface area contributed by atoms with Crippen molar-refractivity contribution in [1.29, 1.82) is 0 Å². The highest BCUT2D eigenvalue weighted by molar-refractivity contribution is 5.72. The fourth-order valence-electron chi connectivity index (χ4n) is 3.50. The summed E-state index contributed by atoms with van der Waals surface area (Å²) in [6.07, 6.45) is 8.33. The van der Waals surface area contributed by atoms with E-state index in [-0.39, 0.29) is 0 Å². The van der Waals surface area contributed by atoms with Crippen LogP contribution in [0.3, 0.4) is 0 Å². The summed E-state index contributed by atoms with van der Waals surface area (Å²) in [6, 6.07) is 0. The van der Waals surface area contributed by atoms with Crippen molar-refractivity contribution in [2.24, 2.45) is 17.8 Å². The quantitative estimate of drug-likeness (QED) is 0.390. The molecule has 2 rings (SSSR count). The summed E-state index contributed by atoms with van der Waals surface area (Å²) in [5.41, 5.74) is 4.15. The Labute approximate surface area is 98.6 Å². The monoisotopic (exact) mass is 218 g/mol. The Morgan fingerprint density at radius 2 is 2.06 bits per heavy atom. The lowest BCUT2D eigenvalue weighted by molar-refractivity contribution is -0.104. The van der Waals surface area contributed by atoms with Gasteiger partial charge in [-0.05, 0) is 62.9 Å². The summed E-state index contributed by atoms with van der Waals surface area (Å²) in [5, 5.41) is 0. The third kappa shape index (κ3) is 2.00. The van der Waals surface area contributed by atoms with Crippen molar-refractivity contribution in [2.45, 2.75) is 46.5 Å². The molecule has 0 spiro atoms. The number of aldehydes is 1. The van der Waals surface area contributed by atoms with E-state index in [1.807, 2.05) is 6.92 Å². The predicted molar refractivity (Wildman–Crippen MR) is 67.1 cm³/mol. The van der Waals surface area contributed by atoms with Crippen molar-refractivity contribution in [1.82, 2.24) is 0 Å². The molecule has 0 radical (unpaired) electrons. The molecule has 0 unspecified atom stereocenters. The number of carbonyl (C=O) groups excluding carboxylic acids is 1. The van der Waals surface area contributed by atoms with Crippen molar-refractivity contribution < 1.29 is 4.79 Å². The highest BCUT2D eigenvalue weighted by atomic mass is 16.1. The van der Waals surface area contributed by atoms with E-state index in [1.165, 1.54) is 25.7 Å². The molecule has 88 valence electrons. The summed E-state index contributed by atoms with van der Waals surface area (Å²) in [7, 11) is 0. The van der Waals surface area contributed by atoms with Crippen molar-refractivity contribution in [2.75, 3.05) is 0 Å². The van der Waals surface area contributed by atoms with Crippen LogP contribution in [0.25, 0.3) is 0 Å². The fourth-order valence-corrected chi connectivity index (χ4v) is 3.50. The van der Waals surface area contributed by atoms with Gasteiger partial charge in [-0.15, -0.1) is 0 Å². The number of allylic oxidation sites excluding steroid dienone is 4. The van der Waals surface area contributed by atoms with Crippen molar-refractivity contribution in [3.8, 4) is 0 Å². The molecule has 1 fully saturated rings. The number of rotatable bonds is 2. The van der Waals surface area contributed by atoms with Crippen LogP contribution in [0.15, 0.2) is 22.8 Å². The fraction of sp³-hybridized carbons (Fsp3) is 0.667. The lowest BCUT2D eigenvalue weighted by Crippen LogP contribution is -2.23. The Morgan fingerprint density at radius 3 is 2.75 bits per heavy atom. The first-order chi connectivity index (χ1) is 7.63. The number of hydrogen-bond acceptors (Lipinski definition) is 1. The van der Waals surface area contributed by atoms with Gasteiger partial charge in [-0.2, -0.15) is 0 Å². The molecule has 0 bridgehead atoms. The summed E-state index contributed by atoms with van der Waals surface area (Å²) >= 11 is 0. The van der Waals surface area contributed by atoms with Crippen LogP contribution < -0.4 is 0 Å². The number of fused-ring (bicyclic) bond motifs is 1. The molecule has 1 heteroatoms. The van der Waals surface area contributed by atoms with Crippen LogP contribution in [0.2, 0.25) is 0 Å². The second kappa shape index (κ2) is 4.57. The standard InChI is InChI=1S/C15H22O/c1-10(9-16)8-13-6-4-11(2)14-7-5-12(3)15(13)14/h8-9,11,13-14H,4-7H2,1-3H3/b10-8-/t11-,13+,14-/m1/s1. The highest BCUT2D eigenvalue weighted by Crippen LogP contribution is 2.48. The molecule has 16 heavy (non-hydrogen) atoms. The van der Waals surface area contributed by atoms with Gasteiger partial charge in [0.15, 0.2) is 0 Å². The zero-order chi connectivity index (χ0) is 11.7. The van der Waals surface area contributed by atoms with E-state index in [9.17, 15) is 4.79 Å². The maximum Gasteiger partial charge on any atom is 0.145 e. The Balaban J connectivity index is 2.27. The van der Waals surface area contributed by atoms with Gasteiger partial charge in [0.1, 0.15) is 6.29 Å². The van der Waals surface area contributed by atoms with Gasteiger partial charge in [0, 0.05) is 0 Å². The van der Waals surface area contributed by atoms with Crippen LogP contribution >= 0.6 is 0 Å². The van der Waals surface area contributed by atoms with E-state index in [4.69, 9.17) is 0 Å². The average Bonchev–Trinajstić information content (AvgIpc) is 2.66. The van der Waals surface area contributed by atoms with Gasteiger partial charge >= 0.3 is 0 Å². The van der Waals surface area contributed by atoms with Crippen molar-refractivity contribution in [3.63, 3.8) is 0 Å². The van der Waals surface area contributed by atoms with Crippen LogP contribution in [0.5, 0.6) is 0 Å². The molecule has 2 aliphatic carbocycles. The van der Waals surface area contributed by atoms with Gasteiger partial charge in [0.25, 0.3) is 0 Å². The summed E-state index contributed by atoms with van der Waals surface area (Å²) in [6.45, 7) is 6.59. The Bertz CT molecular complexity index is 348. The molecule has 0 aromatic heterocycles. The van der Waals surface area contributed by atoms with Gasteiger partial charge in [0.05, 0.1) is 0 Å². The average molecular weight is 218 g/mol. The summed E-state index contributed by atoms with van der Waals surface area (Å²) in [5.74, 6) is 2.19. The van der Waals surface area contributed by atoms with E-state index < -0.39 is 0 Å². The lowest BCUT2D eigenvalue weighted by atomic mass is 9.71. The maximum atomic E-state index is 10.7. The SMILES string of the molecule is CC1=C2[C@H](/C=C(/C)C=O)CC[C@@H](C)[C@H]2CC1. The van der Waals surface area contributed by atoms with E-state index in [2.05, 4.69) is 19.9 Å². The van der Waals surface area contributed by atoms with Crippen LogP contribution in [0.4, 0.5) is 0 Å². The van der Waals surface area contributed by atoms with Crippen LogP contribution in [-0.2, 0) is 4.79 Å². The topological polar surface area (TPSA) is 17.1 Å². The molecule has 1 nitrogen and oxygen atoms in total. The molecule has 0 N–H and O–H groups in total. The Kier molecular flexibility index (Phi) is 3.32. The number of carbonyl (C=O) groups is 1. The normalized spacial score (nSPS) is 35.2. The van der Waals surface area contributed by atoms with Gasteiger partial charge in [-0.3, -0.25) is 4.79 Å². The predicted octanol–water partition coefficient (Wildman–Crippen LogP) is 3.90. The first-order valence-corrected chi connectivity index (χ1v) is 6.46. The second-order valence-corrected chi connectivity index (χ2v) is 5.57.